The molecule has 0 fully saturated rings. The van der Waals surface area contributed by atoms with Crippen molar-refractivity contribution < 1.29 is 9.13 Å². The lowest BCUT2D eigenvalue weighted by atomic mass is 10.3. The average molecular weight is 329 g/mol. The Labute approximate surface area is 107 Å². The minimum Gasteiger partial charge on any atom is -0.489 e. The largest absolute Gasteiger partial charge is 0.489 e. The van der Waals surface area contributed by atoms with E-state index in [-0.39, 0.29) is 5.82 Å². The molecule has 0 spiro atoms. The van der Waals surface area contributed by atoms with E-state index < -0.39 is 0 Å². The van der Waals surface area contributed by atoms with Gasteiger partial charge in [-0.1, -0.05) is 6.07 Å². The molecule has 1 aromatic carbocycles. The molecule has 0 saturated heterocycles. The van der Waals surface area contributed by atoms with Crippen LogP contribution in [0.25, 0.3) is 0 Å². The van der Waals surface area contributed by atoms with Gasteiger partial charge in [-0.3, -0.25) is 4.98 Å². The van der Waals surface area contributed by atoms with Crippen molar-refractivity contribution in [3.63, 3.8) is 0 Å². The van der Waals surface area contributed by atoms with Crippen LogP contribution >= 0.6 is 22.6 Å². The van der Waals surface area contributed by atoms with Crippen LogP contribution in [0.15, 0.2) is 42.7 Å². The first-order valence-electron chi connectivity index (χ1n) is 4.72. The Bertz CT molecular complexity index is 444. The van der Waals surface area contributed by atoms with Crippen molar-refractivity contribution in [1.82, 2.24) is 4.98 Å². The molecule has 0 aliphatic heterocycles. The number of pyridine rings is 1. The summed E-state index contributed by atoms with van der Waals surface area (Å²) in [6.07, 6.45) is 2.77. The molecule has 0 aliphatic rings. The van der Waals surface area contributed by atoms with Gasteiger partial charge >= 0.3 is 0 Å². The molecule has 0 radical (unpaired) electrons. The molecule has 2 aromatic rings. The smallest absolute Gasteiger partial charge is 0.141 e. The molecule has 1 heterocycles. The number of hydrogen-bond donors (Lipinski definition) is 0. The van der Waals surface area contributed by atoms with Gasteiger partial charge < -0.3 is 4.74 Å². The summed E-state index contributed by atoms with van der Waals surface area (Å²) in [6.45, 7) is 0.324. The molecule has 0 amide bonds. The van der Waals surface area contributed by atoms with Gasteiger partial charge in [-0.2, -0.15) is 0 Å². The number of aromatic nitrogens is 1. The molecule has 1 aromatic heterocycles. The van der Waals surface area contributed by atoms with Crippen molar-refractivity contribution in [2.45, 2.75) is 6.61 Å². The molecule has 0 aliphatic carbocycles. The van der Waals surface area contributed by atoms with E-state index in [2.05, 4.69) is 27.6 Å². The molecule has 82 valence electrons. The summed E-state index contributed by atoms with van der Waals surface area (Å²) < 4.78 is 19.5. The zero-order valence-corrected chi connectivity index (χ0v) is 10.5. The van der Waals surface area contributed by atoms with Gasteiger partial charge in [0.05, 0.1) is 6.20 Å². The van der Waals surface area contributed by atoms with Crippen LogP contribution in [0.3, 0.4) is 0 Å². The minimum absolute atomic E-state index is 0.324. The monoisotopic (exact) mass is 329 g/mol. The van der Waals surface area contributed by atoms with Crippen LogP contribution in [0.5, 0.6) is 5.75 Å². The Morgan fingerprint density at radius 3 is 2.88 bits per heavy atom. The fourth-order valence-electron chi connectivity index (χ4n) is 1.26. The highest BCUT2D eigenvalue weighted by atomic mass is 127. The van der Waals surface area contributed by atoms with Crippen molar-refractivity contribution in [1.29, 1.82) is 0 Å². The highest BCUT2D eigenvalue weighted by molar-refractivity contribution is 14.1. The van der Waals surface area contributed by atoms with Crippen LogP contribution in [0, 0.1) is 9.39 Å². The fourth-order valence-corrected chi connectivity index (χ4v) is 1.77. The van der Waals surface area contributed by atoms with Crippen LogP contribution in [-0.2, 0) is 6.61 Å². The maximum absolute atomic E-state index is 12.8. The van der Waals surface area contributed by atoms with Crippen LogP contribution in [0.4, 0.5) is 4.39 Å². The maximum atomic E-state index is 12.8. The van der Waals surface area contributed by atoms with Gasteiger partial charge in [-0.05, 0) is 46.9 Å². The molecule has 0 atom stereocenters. The van der Waals surface area contributed by atoms with E-state index >= 15 is 0 Å². The number of benzene rings is 1. The number of rotatable bonds is 3. The number of halogens is 2. The summed E-state index contributed by atoms with van der Waals surface area (Å²) in [4.78, 5) is 3.76. The first-order chi connectivity index (χ1) is 7.74. The fraction of sp³-hybridized carbons (Fsp3) is 0.0833. The first kappa shape index (κ1) is 11.3. The van der Waals surface area contributed by atoms with Gasteiger partial charge in [0.2, 0.25) is 0 Å². The topological polar surface area (TPSA) is 22.1 Å². The second-order valence-electron chi connectivity index (χ2n) is 3.26. The molecule has 16 heavy (non-hydrogen) atoms. The average Bonchev–Trinajstić information content (AvgIpc) is 2.27. The molecule has 0 saturated carbocycles. The van der Waals surface area contributed by atoms with E-state index in [0.717, 1.165) is 14.9 Å². The van der Waals surface area contributed by atoms with Crippen LogP contribution in [0.1, 0.15) is 5.56 Å². The van der Waals surface area contributed by atoms with E-state index in [0.29, 0.717) is 6.61 Å². The van der Waals surface area contributed by atoms with Crippen molar-refractivity contribution >= 4 is 22.6 Å². The predicted octanol–water partition coefficient (Wildman–Crippen LogP) is 3.40. The van der Waals surface area contributed by atoms with Crippen molar-refractivity contribution in [2.24, 2.45) is 0 Å². The highest BCUT2D eigenvalue weighted by Crippen LogP contribution is 2.16. The van der Waals surface area contributed by atoms with Gasteiger partial charge in [0.1, 0.15) is 18.2 Å². The van der Waals surface area contributed by atoms with Crippen LogP contribution in [0.2, 0.25) is 0 Å². The van der Waals surface area contributed by atoms with E-state index in [9.17, 15) is 4.39 Å². The number of nitrogens with zero attached hydrogens (tertiary/aromatic N) is 1. The molecular weight excluding hydrogens is 320 g/mol. The van der Waals surface area contributed by atoms with Gasteiger partial charge in [0.25, 0.3) is 0 Å². The second-order valence-corrected chi connectivity index (χ2v) is 4.50. The van der Waals surface area contributed by atoms with E-state index in [1.165, 1.54) is 12.3 Å². The first-order valence-corrected chi connectivity index (χ1v) is 5.80. The van der Waals surface area contributed by atoms with Gasteiger partial charge in [-0.25, -0.2) is 4.39 Å². The normalized spacial score (nSPS) is 10.1. The SMILES string of the molecule is Fc1cncc(COc2cccc(I)c2)c1. The number of ether oxygens (including phenoxy) is 1. The molecule has 4 heteroatoms. The third-order valence-corrected chi connectivity index (χ3v) is 2.63. The molecular formula is C12H9FINO. The molecule has 0 unspecified atom stereocenters. The van der Waals surface area contributed by atoms with Crippen LogP contribution in [-0.4, -0.2) is 4.98 Å². The summed E-state index contributed by atoms with van der Waals surface area (Å²) in [5, 5.41) is 0. The van der Waals surface area contributed by atoms with Crippen LogP contribution < -0.4 is 4.74 Å². The standard InChI is InChI=1S/C12H9FINO/c13-10-4-9(6-15-7-10)8-16-12-3-1-2-11(14)5-12/h1-7H,8H2. The summed E-state index contributed by atoms with van der Waals surface area (Å²) in [7, 11) is 0. The lowest BCUT2D eigenvalue weighted by molar-refractivity contribution is 0.305. The zero-order chi connectivity index (χ0) is 11.4. The Hall–Kier alpha value is -1.17. The molecule has 2 rings (SSSR count). The second kappa shape index (κ2) is 5.25. The Kier molecular flexibility index (Phi) is 3.71. The van der Waals surface area contributed by atoms with Gasteiger partial charge in [0.15, 0.2) is 0 Å². The molecule has 2 nitrogen and oxygen atoms in total. The summed E-state index contributed by atoms with van der Waals surface area (Å²) in [5.41, 5.74) is 0.721. The van der Waals surface area contributed by atoms with Gasteiger partial charge in [0, 0.05) is 15.3 Å². The van der Waals surface area contributed by atoms with E-state index in [1.807, 2.05) is 24.3 Å². The van der Waals surface area contributed by atoms with E-state index in [1.54, 1.807) is 6.20 Å². The van der Waals surface area contributed by atoms with Crippen molar-refractivity contribution in [2.75, 3.05) is 0 Å². The Morgan fingerprint density at radius 2 is 2.12 bits per heavy atom. The van der Waals surface area contributed by atoms with Gasteiger partial charge in [-0.15, -0.1) is 0 Å². The van der Waals surface area contributed by atoms with Crippen molar-refractivity contribution in [3.05, 3.63) is 57.7 Å². The Balaban J connectivity index is 2.02. The quantitative estimate of drug-likeness (QED) is 0.805. The third-order valence-electron chi connectivity index (χ3n) is 1.96. The number of hydrogen-bond acceptors (Lipinski definition) is 2. The maximum Gasteiger partial charge on any atom is 0.141 e. The molecule has 0 bridgehead atoms. The Morgan fingerprint density at radius 1 is 1.25 bits per heavy atom. The predicted molar refractivity (Wildman–Crippen MR) is 67.7 cm³/mol. The minimum atomic E-state index is -0.344. The summed E-state index contributed by atoms with van der Waals surface area (Å²) in [5.74, 6) is 0.430. The summed E-state index contributed by atoms with van der Waals surface area (Å²) >= 11 is 2.21. The lowest BCUT2D eigenvalue weighted by Gasteiger charge is -2.06. The summed E-state index contributed by atoms with van der Waals surface area (Å²) in [6, 6.07) is 9.11. The molecule has 0 N–H and O–H groups in total. The third kappa shape index (κ3) is 3.16. The van der Waals surface area contributed by atoms with E-state index in [4.69, 9.17) is 4.74 Å². The van der Waals surface area contributed by atoms with Crippen molar-refractivity contribution in [3.8, 4) is 5.75 Å². The highest BCUT2D eigenvalue weighted by Gasteiger charge is 1.98. The lowest BCUT2D eigenvalue weighted by Crippen LogP contribution is -1.96. The zero-order valence-electron chi connectivity index (χ0n) is 8.36.